The van der Waals surface area contributed by atoms with Gasteiger partial charge in [0.15, 0.2) is 0 Å². The maximum Gasteiger partial charge on any atom is 0.126 e. The Hall–Kier alpha value is -1.29. The Kier molecular flexibility index (Phi) is 2.29. The highest BCUT2D eigenvalue weighted by atomic mass is 79.9. The molecule has 0 aliphatic carbocycles. The van der Waals surface area contributed by atoms with Crippen LogP contribution < -0.4 is 0 Å². The molecule has 0 bridgehead atoms. The molecule has 2 rings (SSSR count). The fourth-order valence-electron chi connectivity index (χ4n) is 1.39. The quantitative estimate of drug-likeness (QED) is 0.848. The van der Waals surface area contributed by atoms with E-state index in [4.69, 9.17) is 0 Å². The summed E-state index contributed by atoms with van der Waals surface area (Å²) in [5.41, 5.74) is 1.66. The van der Waals surface area contributed by atoms with E-state index in [9.17, 15) is 5.11 Å². The van der Waals surface area contributed by atoms with Crippen LogP contribution in [-0.2, 0) is 7.05 Å². The van der Waals surface area contributed by atoms with Gasteiger partial charge in [-0.2, -0.15) is 5.10 Å². The van der Waals surface area contributed by atoms with E-state index in [1.807, 2.05) is 19.2 Å². The SMILES string of the molecule is Cn1nccc1-c1c(O)cccc1Br. The highest BCUT2D eigenvalue weighted by Crippen LogP contribution is 2.35. The summed E-state index contributed by atoms with van der Waals surface area (Å²) in [7, 11) is 1.84. The van der Waals surface area contributed by atoms with Gasteiger partial charge in [0.2, 0.25) is 0 Å². The molecule has 0 amide bonds. The summed E-state index contributed by atoms with van der Waals surface area (Å²) < 4.78 is 2.58. The van der Waals surface area contributed by atoms with Crippen molar-refractivity contribution >= 4 is 15.9 Å². The molecule has 14 heavy (non-hydrogen) atoms. The Bertz CT molecular complexity index is 445. The minimum Gasteiger partial charge on any atom is -0.507 e. The van der Waals surface area contributed by atoms with E-state index in [-0.39, 0.29) is 5.75 Å². The summed E-state index contributed by atoms with van der Waals surface area (Å²) in [6.45, 7) is 0. The van der Waals surface area contributed by atoms with Crippen molar-refractivity contribution in [3.63, 3.8) is 0 Å². The average Bonchev–Trinajstić information content (AvgIpc) is 2.52. The zero-order chi connectivity index (χ0) is 10.1. The molecule has 0 atom stereocenters. The monoisotopic (exact) mass is 252 g/mol. The van der Waals surface area contributed by atoms with Crippen LogP contribution in [0.3, 0.4) is 0 Å². The third-order valence-electron chi connectivity index (χ3n) is 2.07. The highest BCUT2D eigenvalue weighted by molar-refractivity contribution is 9.10. The topological polar surface area (TPSA) is 38.0 Å². The predicted molar refractivity (Wildman–Crippen MR) is 58.0 cm³/mol. The van der Waals surface area contributed by atoms with E-state index in [2.05, 4.69) is 21.0 Å². The summed E-state index contributed by atoms with van der Waals surface area (Å²) in [4.78, 5) is 0. The number of hydrogen-bond donors (Lipinski definition) is 1. The first-order valence-corrected chi connectivity index (χ1v) is 4.95. The summed E-state index contributed by atoms with van der Waals surface area (Å²) in [5, 5.41) is 13.8. The van der Waals surface area contributed by atoms with Crippen LogP contribution in [0.15, 0.2) is 34.9 Å². The van der Waals surface area contributed by atoms with Crippen molar-refractivity contribution in [2.45, 2.75) is 0 Å². The van der Waals surface area contributed by atoms with Crippen molar-refractivity contribution in [1.29, 1.82) is 0 Å². The molecule has 72 valence electrons. The van der Waals surface area contributed by atoms with Crippen LogP contribution in [0.1, 0.15) is 0 Å². The van der Waals surface area contributed by atoms with Gasteiger partial charge in [-0.25, -0.2) is 0 Å². The average molecular weight is 253 g/mol. The number of phenols is 1. The van der Waals surface area contributed by atoms with Gasteiger partial charge in [0.25, 0.3) is 0 Å². The summed E-state index contributed by atoms with van der Waals surface area (Å²) in [5.74, 6) is 0.253. The normalized spacial score (nSPS) is 10.4. The Morgan fingerprint density at radius 3 is 2.71 bits per heavy atom. The van der Waals surface area contributed by atoms with Crippen LogP contribution in [-0.4, -0.2) is 14.9 Å². The zero-order valence-electron chi connectivity index (χ0n) is 7.61. The second-order valence-electron chi connectivity index (χ2n) is 2.97. The molecule has 0 fully saturated rings. The van der Waals surface area contributed by atoms with Crippen molar-refractivity contribution in [2.24, 2.45) is 7.05 Å². The second kappa shape index (κ2) is 3.46. The largest absolute Gasteiger partial charge is 0.507 e. The third-order valence-corrected chi connectivity index (χ3v) is 2.73. The number of nitrogens with zero attached hydrogens (tertiary/aromatic N) is 2. The minimum absolute atomic E-state index is 0.253. The van der Waals surface area contributed by atoms with Gasteiger partial charge in [0, 0.05) is 17.7 Å². The molecule has 0 aliphatic heterocycles. The first kappa shape index (κ1) is 9.27. The number of benzene rings is 1. The number of rotatable bonds is 1. The Labute approximate surface area is 90.1 Å². The van der Waals surface area contributed by atoms with Crippen LogP contribution in [0, 0.1) is 0 Å². The van der Waals surface area contributed by atoms with E-state index >= 15 is 0 Å². The van der Waals surface area contributed by atoms with Crippen molar-refractivity contribution in [1.82, 2.24) is 9.78 Å². The molecule has 3 nitrogen and oxygen atoms in total. The molecule has 0 aliphatic rings. The molecule has 1 aromatic carbocycles. The molecule has 1 N–H and O–H groups in total. The molecule has 0 saturated heterocycles. The van der Waals surface area contributed by atoms with Crippen LogP contribution in [0.4, 0.5) is 0 Å². The van der Waals surface area contributed by atoms with Crippen molar-refractivity contribution in [2.75, 3.05) is 0 Å². The van der Waals surface area contributed by atoms with Gasteiger partial charge < -0.3 is 5.11 Å². The van der Waals surface area contributed by atoms with E-state index in [0.29, 0.717) is 0 Å². The molecular formula is C10H9BrN2O. The lowest BCUT2D eigenvalue weighted by molar-refractivity contribution is 0.476. The number of aromatic nitrogens is 2. The number of phenolic OH excluding ortho intramolecular Hbond substituents is 1. The zero-order valence-corrected chi connectivity index (χ0v) is 9.19. The summed E-state index contributed by atoms with van der Waals surface area (Å²) >= 11 is 3.40. The Balaban J connectivity index is 2.68. The molecule has 1 heterocycles. The summed E-state index contributed by atoms with van der Waals surface area (Å²) in [6.07, 6.45) is 1.70. The maximum absolute atomic E-state index is 9.72. The van der Waals surface area contributed by atoms with Gasteiger partial charge in [-0.05, 0) is 34.1 Å². The van der Waals surface area contributed by atoms with E-state index in [1.54, 1.807) is 23.0 Å². The molecule has 2 aromatic rings. The lowest BCUT2D eigenvalue weighted by Gasteiger charge is -2.06. The third kappa shape index (κ3) is 1.42. The van der Waals surface area contributed by atoms with Gasteiger partial charge in [0.05, 0.1) is 11.3 Å². The van der Waals surface area contributed by atoms with Gasteiger partial charge >= 0.3 is 0 Å². The lowest BCUT2D eigenvalue weighted by atomic mass is 10.1. The Morgan fingerprint density at radius 1 is 1.36 bits per heavy atom. The molecular weight excluding hydrogens is 244 g/mol. The van der Waals surface area contributed by atoms with Gasteiger partial charge in [-0.3, -0.25) is 4.68 Å². The van der Waals surface area contributed by atoms with Crippen LogP contribution in [0.2, 0.25) is 0 Å². The lowest BCUT2D eigenvalue weighted by Crippen LogP contribution is -1.94. The first-order valence-electron chi connectivity index (χ1n) is 4.16. The first-order chi connectivity index (χ1) is 6.70. The molecule has 1 aromatic heterocycles. The van der Waals surface area contributed by atoms with Gasteiger partial charge in [-0.15, -0.1) is 0 Å². The minimum atomic E-state index is 0.253. The fraction of sp³-hybridized carbons (Fsp3) is 0.100. The Morgan fingerprint density at radius 2 is 2.14 bits per heavy atom. The van der Waals surface area contributed by atoms with Crippen molar-refractivity contribution < 1.29 is 5.11 Å². The van der Waals surface area contributed by atoms with E-state index in [1.165, 1.54) is 0 Å². The smallest absolute Gasteiger partial charge is 0.126 e. The molecule has 0 spiro atoms. The number of aromatic hydroxyl groups is 1. The maximum atomic E-state index is 9.72. The second-order valence-corrected chi connectivity index (χ2v) is 3.83. The fourth-order valence-corrected chi connectivity index (χ4v) is 1.94. The molecule has 0 radical (unpaired) electrons. The number of halogens is 1. The van der Waals surface area contributed by atoms with Crippen LogP contribution in [0.5, 0.6) is 5.75 Å². The molecule has 0 saturated carbocycles. The van der Waals surface area contributed by atoms with E-state index < -0.39 is 0 Å². The summed E-state index contributed by atoms with van der Waals surface area (Å²) in [6, 6.07) is 7.20. The van der Waals surface area contributed by atoms with Crippen molar-refractivity contribution in [3.8, 4) is 17.0 Å². The molecule has 0 unspecified atom stereocenters. The van der Waals surface area contributed by atoms with Gasteiger partial charge in [-0.1, -0.05) is 6.07 Å². The highest BCUT2D eigenvalue weighted by Gasteiger charge is 2.10. The number of aryl methyl sites for hydroxylation is 1. The standard InChI is InChI=1S/C10H9BrN2O/c1-13-8(5-6-12-13)10-7(11)3-2-4-9(10)14/h2-6,14H,1H3. The van der Waals surface area contributed by atoms with Crippen LogP contribution >= 0.6 is 15.9 Å². The van der Waals surface area contributed by atoms with E-state index in [0.717, 1.165) is 15.7 Å². The molecule has 4 heteroatoms. The number of hydrogen-bond acceptors (Lipinski definition) is 2. The van der Waals surface area contributed by atoms with Gasteiger partial charge in [0.1, 0.15) is 5.75 Å². The van der Waals surface area contributed by atoms with Crippen molar-refractivity contribution in [3.05, 3.63) is 34.9 Å². The van der Waals surface area contributed by atoms with Crippen LogP contribution in [0.25, 0.3) is 11.3 Å². The predicted octanol–water partition coefficient (Wildman–Crippen LogP) is 2.56.